The van der Waals surface area contributed by atoms with Gasteiger partial charge in [-0.2, -0.15) is 10.2 Å². The minimum atomic E-state index is -0.469. The first kappa shape index (κ1) is 17.5. The van der Waals surface area contributed by atoms with E-state index in [-0.39, 0.29) is 40.2 Å². The standard InChI is InChI=1S/C18H13ClFN5O/c19-13-5-3-6-14(20)12(13)9-26-15-7-2-1-4-10(15)16-11(8-21)17(22)25-18(23)24-16/h1-7H,9H2,(H4,22,23,24,25). The second-order valence-corrected chi connectivity index (χ2v) is 5.69. The van der Waals surface area contributed by atoms with Crippen molar-refractivity contribution >= 4 is 23.4 Å². The van der Waals surface area contributed by atoms with Crippen LogP contribution in [0.25, 0.3) is 11.3 Å². The number of anilines is 2. The number of benzene rings is 2. The third-order valence-corrected chi connectivity index (χ3v) is 4.00. The fourth-order valence-electron chi connectivity index (χ4n) is 2.41. The number of nitrogens with zero attached hydrogens (tertiary/aromatic N) is 3. The topological polar surface area (TPSA) is 111 Å². The molecule has 0 fully saturated rings. The van der Waals surface area contributed by atoms with E-state index in [0.717, 1.165) is 0 Å². The zero-order valence-electron chi connectivity index (χ0n) is 13.4. The molecule has 6 nitrogen and oxygen atoms in total. The van der Waals surface area contributed by atoms with Crippen LogP contribution in [0.5, 0.6) is 5.75 Å². The minimum absolute atomic E-state index is 0.0260. The number of rotatable bonds is 4. The predicted molar refractivity (Wildman–Crippen MR) is 96.7 cm³/mol. The molecule has 26 heavy (non-hydrogen) atoms. The first-order valence-corrected chi connectivity index (χ1v) is 7.87. The summed E-state index contributed by atoms with van der Waals surface area (Å²) in [5.41, 5.74) is 12.5. The molecule has 0 spiro atoms. The van der Waals surface area contributed by atoms with Gasteiger partial charge < -0.3 is 16.2 Å². The highest BCUT2D eigenvalue weighted by atomic mass is 35.5. The van der Waals surface area contributed by atoms with Crippen molar-refractivity contribution < 1.29 is 9.13 Å². The van der Waals surface area contributed by atoms with Gasteiger partial charge in [0.25, 0.3) is 0 Å². The lowest BCUT2D eigenvalue weighted by molar-refractivity contribution is 0.301. The van der Waals surface area contributed by atoms with Crippen molar-refractivity contribution in [1.29, 1.82) is 5.26 Å². The van der Waals surface area contributed by atoms with E-state index in [2.05, 4.69) is 9.97 Å². The lowest BCUT2D eigenvalue weighted by Crippen LogP contribution is -2.06. The fourth-order valence-corrected chi connectivity index (χ4v) is 2.63. The zero-order chi connectivity index (χ0) is 18.7. The van der Waals surface area contributed by atoms with Crippen molar-refractivity contribution in [2.24, 2.45) is 0 Å². The van der Waals surface area contributed by atoms with Crippen molar-refractivity contribution in [2.45, 2.75) is 6.61 Å². The molecule has 1 aromatic heterocycles. The number of halogens is 2. The number of ether oxygens (including phenoxy) is 1. The van der Waals surface area contributed by atoms with Crippen LogP contribution < -0.4 is 16.2 Å². The Morgan fingerprint density at radius 2 is 1.88 bits per heavy atom. The molecule has 0 aliphatic heterocycles. The third kappa shape index (κ3) is 3.36. The Labute approximate surface area is 153 Å². The Hall–Kier alpha value is -3.37. The van der Waals surface area contributed by atoms with Crippen LogP contribution in [0.1, 0.15) is 11.1 Å². The molecule has 3 aromatic rings. The molecule has 0 atom stereocenters. The summed E-state index contributed by atoms with van der Waals surface area (Å²) in [4.78, 5) is 7.90. The number of nitriles is 1. The summed E-state index contributed by atoms with van der Waals surface area (Å²) in [5, 5.41) is 9.62. The average molecular weight is 370 g/mol. The van der Waals surface area contributed by atoms with Crippen LogP contribution >= 0.6 is 11.6 Å². The second-order valence-electron chi connectivity index (χ2n) is 5.29. The Morgan fingerprint density at radius 1 is 1.12 bits per heavy atom. The molecule has 0 saturated carbocycles. The number of nitrogen functional groups attached to an aromatic ring is 2. The van der Waals surface area contributed by atoms with E-state index in [1.807, 2.05) is 6.07 Å². The van der Waals surface area contributed by atoms with E-state index in [1.165, 1.54) is 12.1 Å². The molecule has 0 bridgehead atoms. The Balaban J connectivity index is 2.02. The second kappa shape index (κ2) is 7.25. The van der Waals surface area contributed by atoms with Gasteiger partial charge >= 0.3 is 0 Å². The summed E-state index contributed by atoms with van der Waals surface area (Å²) in [7, 11) is 0. The maximum absolute atomic E-state index is 13.9. The lowest BCUT2D eigenvalue weighted by Gasteiger charge is -2.14. The van der Waals surface area contributed by atoms with Gasteiger partial charge in [-0.25, -0.2) is 9.37 Å². The maximum atomic E-state index is 13.9. The van der Waals surface area contributed by atoms with Gasteiger partial charge in [-0.3, -0.25) is 0 Å². The van der Waals surface area contributed by atoms with Gasteiger partial charge in [0.2, 0.25) is 5.95 Å². The number of hydrogen-bond acceptors (Lipinski definition) is 6. The van der Waals surface area contributed by atoms with Crippen LogP contribution in [0.15, 0.2) is 42.5 Å². The summed E-state index contributed by atoms with van der Waals surface area (Å²) in [6.45, 7) is -0.0968. The normalized spacial score (nSPS) is 10.3. The van der Waals surface area contributed by atoms with Crippen LogP contribution in [0.4, 0.5) is 16.2 Å². The SMILES string of the molecule is N#Cc1c(N)nc(N)nc1-c1ccccc1OCc1c(F)cccc1Cl. The molecule has 0 aliphatic rings. The van der Waals surface area contributed by atoms with Crippen LogP contribution in [0.3, 0.4) is 0 Å². The molecule has 130 valence electrons. The molecular formula is C18H13ClFN5O. The van der Waals surface area contributed by atoms with Crippen molar-refractivity contribution in [3.8, 4) is 23.1 Å². The predicted octanol–water partition coefficient (Wildman–Crippen LogP) is 3.55. The Morgan fingerprint density at radius 3 is 2.62 bits per heavy atom. The molecule has 0 saturated heterocycles. The summed E-state index contributed by atoms with van der Waals surface area (Å²) < 4.78 is 19.7. The van der Waals surface area contributed by atoms with Crippen molar-refractivity contribution in [3.63, 3.8) is 0 Å². The molecule has 0 unspecified atom stereocenters. The highest BCUT2D eigenvalue weighted by Crippen LogP contribution is 2.33. The minimum Gasteiger partial charge on any atom is -0.488 e. The van der Waals surface area contributed by atoms with Gasteiger partial charge in [0.15, 0.2) is 0 Å². The van der Waals surface area contributed by atoms with Crippen LogP contribution in [-0.2, 0) is 6.61 Å². The molecular weight excluding hydrogens is 357 g/mol. The summed E-state index contributed by atoms with van der Waals surface area (Å²) in [5.74, 6) is -0.186. The van der Waals surface area contributed by atoms with Crippen LogP contribution in [0.2, 0.25) is 5.02 Å². The zero-order valence-corrected chi connectivity index (χ0v) is 14.2. The monoisotopic (exact) mass is 369 g/mol. The lowest BCUT2D eigenvalue weighted by atomic mass is 10.1. The summed E-state index contributed by atoms with van der Waals surface area (Å²) >= 11 is 6.03. The van der Waals surface area contributed by atoms with Crippen LogP contribution in [0, 0.1) is 17.1 Å². The molecule has 0 radical (unpaired) electrons. The van der Waals surface area contributed by atoms with Crippen LogP contribution in [-0.4, -0.2) is 9.97 Å². The first-order valence-electron chi connectivity index (χ1n) is 7.49. The highest BCUT2D eigenvalue weighted by molar-refractivity contribution is 6.31. The molecule has 0 amide bonds. The van der Waals surface area contributed by atoms with Crippen molar-refractivity contribution in [2.75, 3.05) is 11.5 Å². The maximum Gasteiger partial charge on any atom is 0.222 e. The molecule has 4 N–H and O–H groups in total. The van der Waals surface area contributed by atoms with Gasteiger partial charge in [-0.15, -0.1) is 0 Å². The van der Waals surface area contributed by atoms with Gasteiger partial charge in [0.05, 0.1) is 10.7 Å². The van der Waals surface area contributed by atoms with Crippen molar-refractivity contribution in [1.82, 2.24) is 9.97 Å². The Kier molecular flexibility index (Phi) is 4.87. The van der Waals surface area contributed by atoms with E-state index in [1.54, 1.807) is 30.3 Å². The smallest absolute Gasteiger partial charge is 0.222 e. The Bertz CT molecular complexity index is 999. The van der Waals surface area contributed by atoms with Gasteiger partial charge in [-0.05, 0) is 24.3 Å². The fraction of sp³-hybridized carbons (Fsp3) is 0.0556. The van der Waals surface area contributed by atoms with E-state index in [4.69, 9.17) is 27.8 Å². The quantitative estimate of drug-likeness (QED) is 0.727. The molecule has 3 rings (SSSR count). The average Bonchev–Trinajstić information content (AvgIpc) is 2.61. The molecule has 0 aliphatic carbocycles. The number of nitrogens with two attached hydrogens (primary N) is 2. The third-order valence-electron chi connectivity index (χ3n) is 3.64. The molecule has 1 heterocycles. The van der Waals surface area contributed by atoms with Crippen molar-refractivity contribution in [3.05, 3.63) is 64.4 Å². The number of para-hydroxylation sites is 1. The summed E-state index contributed by atoms with van der Waals surface area (Å²) in [6, 6.07) is 13.2. The molecule has 2 aromatic carbocycles. The van der Waals surface area contributed by atoms with E-state index < -0.39 is 5.82 Å². The molecule has 8 heteroatoms. The largest absolute Gasteiger partial charge is 0.488 e. The van der Waals surface area contributed by atoms with Gasteiger partial charge in [-0.1, -0.05) is 29.8 Å². The van der Waals surface area contributed by atoms with E-state index >= 15 is 0 Å². The van der Waals surface area contributed by atoms with E-state index in [9.17, 15) is 9.65 Å². The number of hydrogen-bond donors (Lipinski definition) is 2. The highest BCUT2D eigenvalue weighted by Gasteiger charge is 2.17. The van der Waals surface area contributed by atoms with E-state index in [0.29, 0.717) is 11.3 Å². The number of aromatic nitrogens is 2. The van der Waals surface area contributed by atoms with Gasteiger partial charge in [0, 0.05) is 11.1 Å². The summed E-state index contributed by atoms with van der Waals surface area (Å²) in [6.07, 6.45) is 0. The van der Waals surface area contributed by atoms with Gasteiger partial charge in [0.1, 0.15) is 35.6 Å². The first-order chi connectivity index (χ1) is 12.5.